The monoisotopic (exact) mass is 230 g/mol. The molecular weight excluding hydrogens is 216 g/mol. The number of ketones is 2. The first-order valence-corrected chi connectivity index (χ1v) is 5.59. The van der Waals surface area contributed by atoms with E-state index < -0.39 is 0 Å². The molecule has 0 heterocycles. The summed E-state index contributed by atoms with van der Waals surface area (Å²) < 4.78 is 0. The number of carbonyl (C=O) groups is 2. The standard InChI is InChI=1S/C14H14O3/c1-9-2-4-10(5-3-9)11-6-13(16)12(8-15)14(17)7-11/h2-5,8,11,15H,6-7H2,1H3. The van der Waals surface area contributed by atoms with E-state index in [0.29, 0.717) is 19.1 Å². The van der Waals surface area contributed by atoms with Crippen LogP contribution >= 0.6 is 0 Å². The molecule has 1 saturated carbocycles. The van der Waals surface area contributed by atoms with Crippen LogP contribution in [0.5, 0.6) is 0 Å². The molecule has 0 atom stereocenters. The van der Waals surface area contributed by atoms with E-state index in [2.05, 4.69) is 0 Å². The van der Waals surface area contributed by atoms with Crippen molar-refractivity contribution in [3.8, 4) is 0 Å². The molecular formula is C14H14O3. The molecule has 3 heteroatoms. The van der Waals surface area contributed by atoms with Gasteiger partial charge in [0.15, 0.2) is 11.6 Å². The Kier molecular flexibility index (Phi) is 3.09. The van der Waals surface area contributed by atoms with Crippen LogP contribution in [0.1, 0.15) is 29.9 Å². The lowest BCUT2D eigenvalue weighted by molar-refractivity contribution is -0.124. The van der Waals surface area contributed by atoms with Gasteiger partial charge >= 0.3 is 0 Å². The van der Waals surface area contributed by atoms with Crippen LogP contribution in [0.25, 0.3) is 0 Å². The Hall–Kier alpha value is -1.90. The van der Waals surface area contributed by atoms with Crippen LogP contribution in [0.3, 0.4) is 0 Å². The van der Waals surface area contributed by atoms with Crippen molar-refractivity contribution in [2.24, 2.45) is 0 Å². The highest BCUT2D eigenvalue weighted by Crippen LogP contribution is 2.31. The van der Waals surface area contributed by atoms with E-state index in [1.807, 2.05) is 31.2 Å². The Labute approximate surface area is 99.8 Å². The van der Waals surface area contributed by atoms with Gasteiger partial charge < -0.3 is 5.11 Å². The van der Waals surface area contributed by atoms with E-state index in [-0.39, 0.29) is 23.1 Å². The van der Waals surface area contributed by atoms with Crippen molar-refractivity contribution >= 4 is 11.6 Å². The zero-order valence-corrected chi connectivity index (χ0v) is 9.64. The molecule has 3 nitrogen and oxygen atoms in total. The fraction of sp³-hybridized carbons (Fsp3) is 0.286. The first kappa shape index (κ1) is 11.6. The van der Waals surface area contributed by atoms with Gasteiger partial charge in [0, 0.05) is 12.8 Å². The molecule has 1 aliphatic rings. The van der Waals surface area contributed by atoms with Crippen molar-refractivity contribution in [1.82, 2.24) is 0 Å². The van der Waals surface area contributed by atoms with E-state index in [1.165, 1.54) is 0 Å². The first-order chi connectivity index (χ1) is 8.11. The lowest BCUT2D eigenvalue weighted by Gasteiger charge is -2.21. The van der Waals surface area contributed by atoms with Crippen LogP contribution in [-0.2, 0) is 9.59 Å². The first-order valence-electron chi connectivity index (χ1n) is 5.59. The van der Waals surface area contributed by atoms with Crippen LogP contribution in [0.2, 0.25) is 0 Å². The molecule has 1 aromatic rings. The van der Waals surface area contributed by atoms with Gasteiger partial charge in [0.05, 0.1) is 11.8 Å². The van der Waals surface area contributed by atoms with Gasteiger partial charge in [-0.25, -0.2) is 0 Å². The van der Waals surface area contributed by atoms with Crippen molar-refractivity contribution in [1.29, 1.82) is 0 Å². The van der Waals surface area contributed by atoms with Gasteiger partial charge in [-0.05, 0) is 18.4 Å². The number of allylic oxidation sites excluding steroid dienone is 1. The van der Waals surface area contributed by atoms with Gasteiger partial charge in [0.2, 0.25) is 0 Å². The van der Waals surface area contributed by atoms with Crippen LogP contribution in [0.15, 0.2) is 36.1 Å². The normalized spacial score (nSPS) is 20.5. The van der Waals surface area contributed by atoms with E-state index in [9.17, 15) is 9.59 Å². The second-order valence-corrected chi connectivity index (χ2v) is 4.40. The molecule has 0 spiro atoms. The third-order valence-electron chi connectivity index (χ3n) is 3.14. The predicted octanol–water partition coefficient (Wildman–Crippen LogP) is 2.45. The van der Waals surface area contributed by atoms with E-state index in [1.54, 1.807) is 0 Å². The van der Waals surface area contributed by atoms with Crippen LogP contribution in [0.4, 0.5) is 0 Å². The van der Waals surface area contributed by atoms with Crippen molar-refractivity contribution in [3.63, 3.8) is 0 Å². The highest BCUT2D eigenvalue weighted by Gasteiger charge is 2.31. The summed E-state index contributed by atoms with van der Waals surface area (Å²) in [4.78, 5) is 23.3. The minimum Gasteiger partial charge on any atom is -0.515 e. The maximum atomic E-state index is 11.6. The summed E-state index contributed by atoms with van der Waals surface area (Å²) in [6.45, 7) is 1.99. The summed E-state index contributed by atoms with van der Waals surface area (Å²) in [5.41, 5.74) is 2.10. The summed E-state index contributed by atoms with van der Waals surface area (Å²) in [5, 5.41) is 8.82. The zero-order valence-electron chi connectivity index (χ0n) is 9.64. The highest BCUT2D eigenvalue weighted by molar-refractivity contribution is 6.22. The average Bonchev–Trinajstić information content (AvgIpc) is 2.29. The van der Waals surface area contributed by atoms with Crippen LogP contribution in [-0.4, -0.2) is 16.7 Å². The van der Waals surface area contributed by atoms with Crippen molar-refractivity contribution in [2.75, 3.05) is 0 Å². The highest BCUT2D eigenvalue weighted by atomic mass is 16.2. The fourth-order valence-electron chi connectivity index (χ4n) is 2.11. The SMILES string of the molecule is Cc1ccc(C2CC(=O)C(=CO)C(=O)C2)cc1. The number of carbonyl (C=O) groups excluding carboxylic acids is 2. The molecule has 0 unspecified atom stereocenters. The van der Waals surface area contributed by atoms with E-state index >= 15 is 0 Å². The fourth-order valence-corrected chi connectivity index (χ4v) is 2.11. The summed E-state index contributed by atoms with van der Waals surface area (Å²) in [5.74, 6) is -0.594. The van der Waals surface area contributed by atoms with Crippen molar-refractivity contribution in [3.05, 3.63) is 47.2 Å². The Bertz CT molecular complexity index is 463. The van der Waals surface area contributed by atoms with Gasteiger partial charge in [-0.3, -0.25) is 9.59 Å². The summed E-state index contributed by atoms with van der Waals surface area (Å²) in [6, 6.07) is 7.85. The Morgan fingerprint density at radius 2 is 1.65 bits per heavy atom. The minimum absolute atomic E-state index is 0.0562. The number of aryl methyl sites for hydroxylation is 1. The number of Topliss-reactive ketones (excluding diaryl/α,β-unsaturated/α-hetero) is 2. The molecule has 0 aromatic heterocycles. The van der Waals surface area contributed by atoms with Crippen molar-refractivity contribution in [2.45, 2.75) is 25.7 Å². The number of aliphatic hydroxyl groups is 1. The van der Waals surface area contributed by atoms with Crippen molar-refractivity contribution < 1.29 is 14.7 Å². The molecule has 0 bridgehead atoms. The smallest absolute Gasteiger partial charge is 0.170 e. The van der Waals surface area contributed by atoms with E-state index in [0.717, 1.165) is 11.1 Å². The molecule has 1 aromatic carbocycles. The van der Waals surface area contributed by atoms with Gasteiger partial charge in [0.1, 0.15) is 0 Å². The topological polar surface area (TPSA) is 54.4 Å². The molecule has 88 valence electrons. The molecule has 0 amide bonds. The van der Waals surface area contributed by atoms with Gasteiger partial charge in [-0.15, -0.1) is 0 Å². The second kappa shape index (κ2) is 4.53. The molecule has 1 aliphatic carbocycles. The minimum atomic E-state index is -0.269. The maximum Gasteiger partial charge on any atom is 0.170 e. The molecule has 1 fully saturated rings. The van der Waals surface area contributed by atoms with E-state index in [4.69, 9.17) is 5.11 Å². The number of hydrogen-bond donors (Lipinski definition) is 1. The zero-order chi connectivity index (χ0) is 12.4. The number of hydrogen-bond acceptors (Lipinski definition) is 3. The number of rotatable bonds is 1. The lowest BCUT2D eigenvalue weighted by atomic mass is 9.80. The second-order valence-electron chi connectivity index (χ2n) is 4.40. The Morgan fingerprint density at radius 1 is 1.12 bits per heavy atom. The third kappa shape index (κ3) is 2.28. The molecule has 17 heavy (non-hydrogen) atoms. The molecule has 0 radical (unpaired) electrons. The molecule has 1 N–H and O–H groups in total. The van der Waals surface area contributed by atoms with Crippen LogP contribution in [0, 0.1) is 6.92 Å². The summed E-state index contributed by atoms with van der Waals surface area (Å²) >= 11 is 0. The molecule has 0 aliphatic heterocycles. The Balaban J connectivity index is 2.23. The number of benzene rings is 1. The molecule has 2 rings (SSSR count). The third-order valence-corrected chi connectivity index (χ3v) is 3.14. The predicted molar refractivity (Wildman–Crippen MR) is 63.9 cm³/mol. The van der Waals surface area contributed by atoms with Gasteiger partial charge in [-0.1, -0.05) is 29.8 Å². The number of aliphatic hydroxyl groups excluding tert-OH is 1. The lowest BCUT2D eigenvalue weighted by Crippen LogP contribution is -2.24. The molecule has 0 saturated heterocycles. The summed E-state index contributed by atoms with van der Waals surface area (Å²) in [7, 11) is 0. The van der Waals surface area contributed by atoms with Gasteiger partial charge in [0.25, 0.3) is 0 Å². The quantitative estimate of drug-likeness (QED) is 0.458. The summed E-state index contributed by atoms with van der Waals surface area (Å²) in [6.07, 6.45) is 1.22. The largest absolute Gasteiger partial charge is 0.515 e. The average molecular weight is 230 g/mol. The maximum absolute atomic E-state index is 11.6. The van der Waals surface area contributed by atoms with Crippen LogP contribution < -0.4 is 0 Å². The van der Waals surface area contributed by atoms with Gasteiger partial charge in [-0.2, -0.15) is 0 Å². The Morgan fingerprint density at radius 3 is 2.12 bits per heavy atom.